The van der Waals surface area contributed by atoms with Crippen molar-refractivity contribution in [1.29, 1.82) is 0 Å². The van der Waals surface area contributed by atoms with Crippen LogP contribution in [0.4, 0.5) is 18.9 Å². The molecule has 4 rings (SSSR count). The SMILES string of the molecule is COC(C)(C)COc1cc(F)c(-c2nc(C(=O)Nc3cnccc3[C@H]3C[C@@H](N)[C@H](O)[C@@H](C)C3)ccc2F)c(F)c1. The number of aliphatic hydroxyl groups excluding tert-OH is 1. The number of nitrogens with one attached hydrogen (secondary N) is 1. The molecule has 0 spiro atoms. The second-order valence-electron chi connectivity index (χ2n) is 10.8. The standard InChI is InChI=1S/C29H33F3N4O4/c1-15-9-16(10-22(33)27(15)37)18-7-8-34-13-24(18)36-28(38)23-6-5-19(30)26(35-23)25-20(31)11-17(12-21(25)32)40-14-29(2,3)39-4/h5-8,11-13,15-16,22,27,37H,9-10,14,33H2,1-4H3,(H,36,38)/t15-,16+,22+,27+/m0/s1. The quantitative estimate of drug-likeness (QED) is 0.363. The van der Waals surface area contributed by atoms with Crippen molar-refractivity contribution in [3.63, 3.8) is 0 Å². The van der Waals surface area contributed by atoms with Crippen LogP contribution in [0.15, 0.2) is 42.7 Å². The van der Waals surface area contributed by atoms with Crippen molar-refractivity contribution < 1.29 is 32.5 Å². The average Bonchev–Trinajstić information content (AvgIpc) is 2.91. The Morgan fingerprint density at radius 1 is 1.15 bits per heavy atom. The van der Waals surface area contributed by atoms with Crippen LogP contribution in [-0.2, 0) is 4.74 Å². The number of amides is 1. The summed E-state index contributed by atoms with van der Waals surface area (Å²) in [6, 6.07) is 5.25. The van der Waals surface area contributed by atoms with Gasteiger partial charge >= 0.3 is 0 Å². The van der Waals surface area contributed by atoms with Crippen molar-refractivity contribution in [2.75, 3.05) is 19.0 Å². The Balaban J connectivity index is 1.59. The smallest absolute Gasteiger partial charge is 0.274 e. The number of pyridine rings is 2. The number of anilines is 1. The molecule has 0 saturated heterocycles. The van der Waals surface area contributed by atoms with Gasteiger partial charge in [0.05, 0.1) is 29.2 Å². The minimum absolute atomic E-state index is 0.0204. The van der Waals surface area contributed by atoms with E-state index in [9.17, 15) is 14.3 Å². The summed E-state index contributed by atoms with van der Waals surface area (Å²) in [6.45, 7) is 5.42. The molecule has 4 N–H and O–H groups in total. The Labute approximate surface area is 230 Å². The molecule has 1 aliphatic rings. The number of methoxy groups -OCH3 is 1. The summed E-state index contributed by atoms with van der Waals surface area (Å²) in [4.78, 5) is 21.2. The molecule has 0 aliphatic heterocycles. The zero-order valence-corrected chi connectivity index (χ0v) is 22.7. The number of hydrogen-bond donors (Lipinski definition) is 3. The van der Waals surface area contributed by atoms with Crippen molar-refractivity contribution in [2.24, 2.45) is 11.7 Å². The molecule has 1 fully saturated rings. The molecular weight excluding hydrogens is 525 g/mol. The van der Waals surface area contributed by atoms with Gasteiger partial charge in [-0.2, -0.15) is 0 Å². The number of halogens is 3. The summed E-state index contributed by atoms with van der Waals surface area (Å²) in [7, 11) is 1.48. The van der Waals surface area contributed by atoms with Crippen LogP contribution < -0.4 is 15.8 Å². The van der Waals surface area contributed by atoms with Crippen LogP contribution in [0.5, 0.6) is 5.75 Å². The van der Waals surface area contributed by atoms with Crippen molar-refractivity contribution in [3.05, 3.63) is 71.4 Å². The minimum Gasteiger partial charge on any atom is -0.490 e. The Hall–Kier alpha value is -3.54. The largest absolute Gasteiger partial charge is 0.490 e. The third-order valence-corrected chi connectivity index (χ3v) is 7.25. The molecule has 8 nitrogen and oxygen atoms in total. The molecule has 2 heterocycles. The van der Waals surface area contributed by atoms with Crippen molar-refractivity contribution in [1.82, 2.24) is 9.97 Å². The van der Waals surface area contributed by atoms with Crippen molar-refractivity contribution >= 4 is 11.6 Å². The highest BCUT2D eigenvalue weighted by Crippen LogP contribution is 2.38. The fourth-order valence-corrected chi connectivity index (χ4v) is 4.80. The van der Waals surface area contributed by atoms with Gasteiger partial charge in [-0.05, 0) is 62.3 Å². The highest BCUT2D eigenvalue weighted by molar-refractivity contribution is 6.03. The lowest BCUT2D eigenvalue weighted by Crippen LogP contribution is -2.44. The van der Waals surface area contributed by atoms with Gasteiger partial charge in [-0.15, -0.1) is 0 Å². The second kappa shape index (κ2) is 11.9. The Morgan fingerprint density at radius 2 is 1.85 bits per heavy atom. The maximum atomic E-state index is 15.0. The summed E-state index contributed by atoms with van der Waals surface area (Å²) < 4.78 is 55.5. The number of benzene rings is 1. The number of carbonyl (C=O) groups excluding carboxylic acids is 1. The number of carbonyl (C=O) groups is 1. The molecule has 4 atom stereocenters. The van der Waals surface area contributed by atoms with Gasteiger partial charge in [0.1, 0.15) is 41.2 Å². The van der Waals surface area contributed by atoms with E-state index in [1.54, 1.807) is 26.1 Å². The lowest BCUT2D eigenvalue weighted by molar-refractivity contribution is -0.0148. The molecule has 1 aromatic carbocycles. The summed E-state index contributed by atoms with van der Waals surface area (Å²) in [5, 5.41) is 13.0. The van der Waals surface area contributed by atoms with E-state index in [2.05, 4.69) is 15.3 Å². The maximum absolute atomic E-state index is 15.0. The number of aromatic nitrogens is 2. The molecule has 0 bridgehead atoms. The van der Waals surface area contributed by atoms with Crippen LogP contribution in [0.25, 0.3) is 11.3 Å². The Kier molecular flexibility index (Phi) is 8.77. The average molecular weight is 559 g/mol. The summed E-state index contributed by atoms with van der Waals surface area (Å²) in [5.41, 5.74) is 4.98. The van der Waals surface area contributed by atoms with E-state index in [0.29, 0.717) is 18.5 Å². The number of aliphatic hydroxyl groups is 1. The Bertz CT molecular complexity index is 1350. The van der Waals surface area contributed by atoms with Gasteiger partial charge < -0.3 is 25.6 Å². The lowest BCUT2D eigenvalue weighted by atomic mass is 9.74. The molecule has 2 aromatic heterocycles. The van der Waals surface area contributed by atoms with Crippen LogP contribution in [0, 0.1) is 23.4 Å². The Morgan fingerprint density at radius 3 is 2.50 bits per heavy atom. The summed E-state index contributed by atoms with van der Waals surface area (Å²) >= 11 is 0. The first-order valence-corrected chi connectivity index (χ1v) is 12.9. The van der Waals surface area contributed by atoms with E-state index in [-0.39, 0.29) is 29.9 Å². The van der Waals surface area contributed by atoms with Gasteiger partial charge in [0, 0.05) is 31.5 Å². The number of nitrogens with zero attached hydrogens (tertiary/aromatic N) is 2. The van der Waals surface area contributed by atoms with Crippen molar-refractivity contribution in [3.8, 4) is 17.0 Å². The molecular formula is C29H33F3N4O4. The van der Waals surface area contributed by atoms with E-state index in [4.69, 9.17) is 15.2 Å². The molecule has 1 saturated carbocycles. The van der Waals surface area contributed by atoms with E-state index in [1.165, 1.54) is 13.3 Å². The molecule has 3 aromatic rings. The molecule has 1 amide bonds. The molecule has 11 heteroatoms. The third-order valence-electron chi connectivity index (χ3n) is 7.25. The molecule has 0 radical (unpaired) electrons. The molecule has 214 valence electrons. The number of rotatable bonds is 8. The van der Waals surface area contributed by atoms with E-state index in [1.807, 2.05) is 6.92 Å². The van der Waals surface area contributed by atoms with Gasteiger partial charge in [0.25, 0.3) is 5.91 Å². The fourth-order valence-electron chi connectivity index (χ4n) is 4.80. The zero-order chi connectivity index (χ0) is 29.2. The summed E-state index contributed by atoms with van der Waals surface area (Å²) in [6.07, 6.45) is 3.62. The first-order valence-electron chi connectivity index (χ1n) is 12.9. The summed E-state index contributed by atoms with van der Waals surface area (Å²) in [5.74, 6) is -4.11. The molecule has 0 unspecified atom stereocenters. The highest BCUT2D eigenvalue weighted by atomic mass is 19.1. The number of ether oxygens (including phenoxy) is 2. The van der Waals surface area contributed by atoms with E-state index < -0.39 is 52.4 Å². The monoisotopic (exact) mass is 558 g/mol. The van der Waals surface area contributed by atoms with Crippen LogP contribution in [0.2, 0.25) is 0 Å². The second-order valence-corrected chi connectivity index (χ2v) is 10.8. The normalized spacial score (nSPS) is 21.2. The molecule has 1 aliphatic carbocycles. The number of hydrogen-bond acceptors (Lipinski definition) is 7. The fraction of sp³-hybridized carbons (Fsp3) is 0.414. The lowest BCUT2D eigenvalue weighted by Gasteiger charge is -2.36. The van der Waals surface area contributed by atoms with Gasteiger partial charge in [-0.1, -0.05) is 6.92 Å². The predicted octanol–water partition coefficient (Wildman–Crippen LogP) is 4.82. The van der Waals surface area contributed by atoms with Gasteiger partial charge in [-0.25, -0.2) is 18.2 Å². The van der Waals surface area contributed by atoms with E-state index >= 15 is 8.78 Å². The third kappa shape index (κ3) is 6.43. The van der Waals surface area contributed by atoms with Crippen LogP contribution in [0.1, 0.15) is 55.6 Å². The maximum Gasteiger partial charge on any atom is 0.274 e. The van der Waals surface area contributed by atoms with E-state index in [0.717, 1.165) is 29.8 Å². The predicted molar refractivity (Wildman–Crippen MR) is 143 cm³/mol. The highest BCUT2D eigenvalue weighted by Gasteiger charge is 2.34. The van der Waals surface area contributed by atoms with Gasteiger partial charge in [0.15, 0.2) is 0 Å². The first kappa shape index (κ1) is 29.4. The van der Waals surface area contributed by atoms with Gasteiger partial charge in [0.2, 0.25) is 0 Å². The minimum atomic E-state index is -1.10. The topological polar surface area (TPSA) is 120 Å². The van der Waals surface area contributed by atoms with Crippen LogP contribution in [-0.4, -0.2) is 52.4 Å². The van der Waals surface area contributed by atoms with Crippen LogP contribution >= 0.6 is 0 Å². The first-order chi connectivity index (χ1) is 18.9. The van der Waals surface area contributed by atoms with Gasteiger partial charge in [-0.3, -0.25) is 9.78 Å². The number of nitrogens with two attached hydrogens (primary N) is 1. The zero-order valence-electron chi connectivity index (χ0n) is 22.7. The molecule has 40 heavy (non-hydrogen) atoms. The van der Waals surface area contributed by atoms with Crippen molar-refractivity contribution in [2.45, 2.75) is 57.3 Å². The van der Waals surface area contributed by atoms with Crippen LogP contribution in [0.3, 0.4) is 0 Å².